The van der Waals surface area contributed by atoms with E-state index >= 15 is 0 Å². The van der Waals surface area contributed by atoms with E-state index in [4.69, 9.17) is 0 Å². The molecule has 1 aromatic carbocycles. The second-order valence-electron chi connectivity index (χ2n) is 4.31. The summed E-state index contributed by atoms with van der Waals surface area (Å²) in [5, 5.41) is 4.23. The normalized spacial score (nSPS) is 12.7. The SMILES string of the molecule is CCNC(C)c1cnc(-c2cc(F)ccc2C)s1. The number of nitrogens with zero attached hydrogens (tertiary/aromatic N) is 1. The first-order valence-corrected chi connectivity index (χ1v) is 6.89. The molecule has 0 amide bonds. The Morgan fingerprint density at radius 3 is 2.94 bits per heavy atom. The molecule has 4 heteroatoms. The van der Waals surface area contributed by atoms with Gasteiger partial charge in [0.25, 0.3) is 0 Å². The summed E-state index contributed by atoms with van der Waals surface area (Å²) in [6.07, 6.45) is 1.87. The fraction of sp³-hybridized carbons (Fsp3) is 0.357. The van der Waals surface area contributed by atoms with Gasteiger partial charge in [0.05, 0.1) is 0 Å². The van der Waals surface area contributed by atoms with Crippen molar-refractivity contribution in [2.45, 2.75) is 26.8 Å². The fourth-order valence-electron chi connectivity index (χ4n) is 1.84. The molecule has 0 aliphatic heterocycles. The van der Waals surface area contributed by atoms with Gasteiger partial charge >= 0.3 is 0 Å². The second-order valence-corrected chi connectivity index (χ2v) is 5.37. The van der Waals surface area contributed by atoms with Crippen molar-refractivity contribution >= 4 is 11.3 Å². The van der Waals surface area contributed by atoms with Crippen LogP contribution in [0.1, 0.15) is 30.3 Å². The minimum atomic E-state index is -0.216. The molecule has 2 aromatic rings. The summed E-state index contributed by atoms with van der Waals surface area (Å²) >= 11 is 1.62. The first-order chi connectivity index (χ1) is 8.61. The monoisotopic (exact) mass is 264 g/mol. The molecule has 0 bridgehead atoms. The number of rotatable bonds is 4. The molecule has 0 radical (unpaired) electrons. The molecule has 0 spiro atoms. The molecule has 2 nitrogen and oxygen atoms in total. The number of halogens is 1. The maximum Gasteiger partial charge on any atom is 0.123 e. The average Bonchev–Trinajstić information content (AvgIpc) is 2.82. The Hall–Kier alpha value is -1.26. The third-order valence-corrected chi connectivity index (χ3v) is 4.10. The predicted octanol–water partition coefficient (Wildman–Crippen LogP) is 3.93. The average molecular weight is 264 g/mol. The Labute approximate surface area is 111 Å². The number of thiazole rings is 1. The van der Waals surface area contributed by atoms with E-state index in [1.54, 1.807) is 23.5 Å². The van der Waals surface area contributed by atoms with Gasteiger partial charge in [-0.3, -0.25) is 0 Å². The Morgan fingerprint density at radius 1 is 1.44 bits per heavy atom. The van der Waals surface area contributed by atoms with Crippen LogP contribution in [0.25, 0.3) is 10.6 Å². The lowest BCUT2D eigenvalue weighted by Gasteiger charge is -2.08. The Kier molecular flexibility index (Phi) is 4.09. The van der Waals surface area contributed by atoms with Gasteiger partial charge in [0, 0.05) is 22.7 Å². The van der Waals surface area contributed by atoms with E-state index in [-0.39, 0.29) is 11.9 Å². The van der Waals surface area contributed by atoms with E-state index in [1.165, 1.54) is 10.9 Å². The lowest BCUT2D eigenvalue weighted by molar-refractivity contribution is 0.606. The van der Waals surface area contributed by atoms with E-state index in [0.29, 0.717) is 0 Å². The van der Waals surface area contributed by atoms with Gasteiger partial charge in [-0.2, -0.15) is 0 Å². The first kappa shape index (κ1) is 13.2. The van der Waals surface area contributed by atoms with E-state index in [0.717, 1.165) is 22.7 Å². The number of aromatic nitrogens is 1. The summed E-state index contributed by atoms with van der Waals surface area (Å²) < 4.78 is 13.3. The molecule has 1 heterocycles. The number of benzene rings is 1. The van der Waals surface area contributed by atoms with Crippen molar-refractivity contribution in [3.05, 3.63) is 40.7 Å². The lowest BCUT2D eigenvalue weighted by atomic mass is 10.1. The zero-order chi connectivity index (χ0) is 13.1. The van der Waals surface area contributed by atoms with Gasteiger partial charge in [-0.1, -0.05) is 13.0 Å². The highest BCUT2D eigenvalue weighted by molar-refractivity contribution is 7.15. The fourth-order valence-corrected chi connectivity index (χ4v) is 2.87. The van der Waals surface area contributed by atoms with Crippen LogP contribution in [0.2, 0.25) is 0 Å². The molecule has 2 rings (SSSR count). The Morgan fingerprint density at radius 2 is 2.22 bits per heavy atom. The minimum Gasteiger partial charge on any atom is -0.310 e. The van der Waals surface area contributed by atoms with Crippen molar-refractivity contribution in [1.82, 2.24) is 10.3 Å². The van der Waals surface area contributed by atoms with Gasteiger partial charge in [0.15, 0.2) is 0 Å². The van der Waals surface area contributed by atoms with Crippen LogP contribution < -0.4 is 5.32 Å². The lowest BCUT2D eigenvalue weighted by Crippen LogP contribution is -2.16. The summed E-state index contributed by atoms with van der Waals surface area (Å²) in [5.74, 6) is -0.216. The highest BCUT2D eigenvalue weighted by Crippen LogP contribution is 2.31. The number of hydrogen-bond donors (Lipinski definition) is 1. The molecule has 0 fully saturated rings. The summed E-state index contributed by atoms with van der Waals surface area (Å²) in [6, 6.07) is 5.11. The molecular weight excluding hydrogens is 247 g/mol. The van der Waals surface area contributed by atoms with Crippen LogP contribution in [0.15, 0.2) is 24.4 Å². The van der Waals surface area contributed by atoms with E-state index in [2.05, 4.69) is 24.1 Å². The van der Waals surface area contributed by atoms with E-state index in [9.17, 15) is 4.39 Å². The second kappa shape index (κ2) is 5.59. The number of aryl methyl sites for hydroxylation is 1. The highest BCUT2D eigenvalue weighted by atomic mass is 32.1. The van der Waals surface area contributed by atoms with Crippen molar-refractivity contribution < 1.29 is 4.39 Å². The standard InChI is InChI=1S/C14H17FN2S/c1-4-16-10(3)13-8-17-14(18-13)12-7-11(15)6-5-9(12)2/h5-8,10,16H,4H2,1-3H3. The van der Waals surface area contributed by atoms with Gasteiger partial charge < -0.3 is 5.32 Å². The molecule has 0 aliphatic carbocycles. The van der Waals surface area contributed by atoms with Crippen molar-refractivity contribution in [2.75, 3.05) is 6.54 Å². The Balaban J connectivity index is 2.32. The maximum atomic E-state index is 13.3. The van der Waals surface area contributed by atoms with Crippen LogP contribution in [-0.4, -0.2) is 11.5 Å². The van der Waals surface area contributed by atoms with Crippen LogP contribution in [-0.2, 0) is 0 Å². The molecular formula is C14H17FN2S. The van der Waals surface area contributed by atoms with Gasteiger partial charge in [-0.15, -0.1) is 11.3 Å². The van der Waals surface area contributed by atoms with Crippen LogP contribution in [0.4, 0.5) is 4.39 Å². The molecule has 18 heavy (non-hydrogen) atoms. The molecule has 96 valence electrons. The smallest absolute Gasteiger partial charge is 0.123 e. The third-order valence-electron chi connectivity index (χ3n) is 2.89. The molecule has 1 aromatic heterocycles. The summed E-state index contributed by atoms with van der Waals surface area (Å²) in [5.41, 5.74) is 1.93. The summed E-state index contributed by atoms with van der Waals surface area (Å²) in [4.78, 5) is 5.58. The van der Waals surface area contributed by atoms with Crippen molar-refractivity contribution in [2.24, 2.45) is 0 Å². The molecule has 0 saturated heterocycles. The van der Waals surface area contributed by atoms with Crippen molar-refractivity contribution in [3.63, 3.8) is 0 Å². The van der Waals surface area contributed by atoms with Crippen LogP contribution in [0.5, 0.6) is 0 Å². The molecule has 1 unspecified atom stereocenters. The van der Waals surface area contributed by atoms with E-state index in [1.807, 2.05) is 13.1 Å². The van der Waals surface area contributed by atoms with Crippen LogP contribution in [0, 0.1) is 12.7 Å². The Bertz CT molecular complexity index is 536. The van der Waals surface area contributed by atoms with Gasteiger partial charge in [-0.25, -0.2) is 9.37 Å². The molecule has 0 aliphatic rings. The molecule has 1 N–H and O–H groups in total. The van der Waals surface area contributed by atoms with Crippen molar-refractivity contribution in [1.29, 1.82) is 0 Å². The third kappa shape index (κ3) is 2.76. The van der Waals surface area contributed by atoms with Gasteiger partial charge in [0.1, 0.15) is 10.8 Å². The first-order valence-electron chi connectivity index (χ1n) is 6.07. The zero-order valence-corrected chi connectivity index (χ0v) is 11.6. The quantitative estimate of drug-likeness (QED) is 0.905. The molecule has 0 saturated carbocycles. The van der Waals surface area contributed by atoms with E-state index < -0.39 is 0 Å². The van der Waals surface area contributed by atoms with Crippen LogP contribution >= 0.6 is 11.3 Å². The predicted molar refractivity (Wildman–Crippen MR) is 74.3 cm³/mol. The minimum absolute atomic E-state index is 0.216. The zero-order valence-electron chi connectivity index (χ0n) is 10.8. The van der Waals surface area contributed by atoms with Gasteiger partial charge in [0.2, 0.25) is 0 Å². The number of hydrogen-bond acceptors (Lipinski definition) is 3. The summed E-state index contributed by atoms with van der Waals surface area (Å²) in [7, 11) is 0. The topological polar surface area (TPSA) is 24.9 Å². The number of nitrogens with one attached hydrogen (secondary N) is 1. The highest BCUT2D eigenvalue weighted by Gasteiger charge is 2.12. The maximum absolute atomic E-state index is 13.3. The van der Waals surface area contributed by atoms with Gasteiger partial charge in [-0.05, 0) is 38.1 Å². The van der Waals surface area contributed by atoms with Crippen LogP contribution in [0.3, 0.4) is 0 Å². The van der Waals surface area contributed by atoms with Crippen molar-refractivity contribution in [3.8, 4) is 10.6 Å². The largest absolute Gasteiger partial charge is 0.310 e. The summed E-state index contributed by atoms with van der Waals surface area (Å²) in [6.45, 7) is 7.09. The molecule has 1 atom stereocenters.